The Kier molecular flexibility index (Phi) is 19.3. The van der Waals surface area contributed by atoms with Crippen molar-refractivity contribution in [2.75, 3.05) is 7.11 Å². The fraction of sp³-hybridized carbons (Fsp3) is 0.955. The molecule has 0 saturated carbocycles. The molecule has 0 aromatic rings. The normalized spacial score (nSPS) is 12.3. The number of aliphatic hydroxyl groups is 1. The molecule has 1 unspecified atom stereocenters. The van der Waals surface area contributed by atoms with Gasteiger partial charge >= 0.3 is 5.97 Å². The lowest BCUT2D eigenvalue weighted by Crippen LogP contribution is -2.10. The summed E-state index contributed by atoms with van der Waals surface area (Å²) in [5.41, 5.74) is 0. The Hall–Kier alpha value is -0.570. The van der Waals surface area contributed by atoms with E-state index < -0.39 is 0 Å². The van der Waals surface area contributed by atoms with Crippen LogP contribution >= 0.6 is 0 Å². The first kappa shape index (κ1) is 24.4. The van der Waals surface area contributed by atoms with E-state index in [-0.39, 0.29) is 12.1 Å². The van der Waals surface area contributed by atoms with Gasteiger partial charge in [0.2, 0.25) is 0 Å². The Morgan fingerprint density at radius 1 is 0.720 bits per heavy atom. The van der Waals surface area contributed by atoms with E-state index in [2.05, 4.69) is 11.7 Å². The van der Waals surface area contributed by atoms with Crippen LogP contribution in [-0.4, -0.2) is 24.3 Å². The van der Waals surface area contributed by atoms with Gasteiger partial charge in [-0.2, -0.15) is 0 Å². The number of aliphatic hydroxyl groups excluding tert-OH is 1. The lowest BCUT2D eigenvalue weighted by atomic mass is 10.0. The second-order valence-electron chi connectivity index (χ2n) is 7.51. The van der Waals surface area contributed by atoms with E-state index in [1.165, 1.54) is 97.0 Å². The number of carbonyl (C=O) groups excluding carboxylic acids is 1. The summed E-state index contributed by atoms with van der Waals surface area (Å²) in [5, 5.41) is 9.79. The molecule has 0 fully saturated rings. The van der Waals surface area contributed by atoms with Gasteiger partial charge in [-0.05, 0) is 12.8 Å². The standard InChI is InChI=1S/C22H44O3/c1-3-4-5-6-7-8-9-10-11-12-13-14-15-16-17-18-21(23)19-20-22(24)25-2/h21,23H,3-20H2,1-2H3. The highest BCUT2D eigenvalue weighted by atomic mass is 16.5. The molecule has 0 saturated heterocycles. The van der Waals surface area contributed by atoms with Crippen molar-refractivity contribution in [3.63, 3.8) is 0 Å². The lowest BCUT2D eigenvalue weighted by molar-refractivity contribution is -0.141. The topological polar surface area (TPSA) is 46.5 Å². The van der Waals surface area contributed by atoms with E-state index in [9.17, 15) is 9.90 Å². The number of unbranched alkanes of at least 4 members (excludes halogenated alkanes) is 14. The molecule has 3 heteroatoms. The molecule has 0 rings (SSSR count). The quantitative estimate of drug-likeness (QED) is 0.210. The zero-order chi connectivity index (χ0) is 18.6. The maximum atomic E-state index is 11.0. The van der Waals surface area contributed by atoms with Crippen LogP contribution < -0.4 is 0 Å². The Morgan fingerprint density at radius 2 is 1.12 bits per heavy atom. The molecule has 0 aliphatic rings. The molecule has 25 heavy (non-hydrogen) atoms. The summed E-state index contributed by atoms with van der Waals surface area (Å²) in [6.07, 6.45) is 21.7. The molecule has 0 bridgehead atoms. The molecule has 1 N–H and O–H groups in total. The van der Waals surface area contributed by atoms with Gasteiger partial charge in [0.25, 0.3) is 0 Å². The van der Waals surface area contributed by atoms with Crippen LogP contribution in [-0.2, 0) is 9.53 Å². The summed E-state index contributed by atoms with van der Waals surface area (Å²) in [6, 6.07) is 0. The van der Waals surface area contributed by atoms with Crippen molar-refractivity contribution in [2.45, 2.75) is 129 Å². The molecule has 0 radical (unpaired) electrons. The van der Waals surface area contributed by atoms with Crippen molar-refractivity contribution < 1.29 is 14.6 Å². The van der Waals surface area contributed by atoms with Crippen LogP contribution in [0.3, 0.4) is 0 Å². The summed E-state index contributed by atoms with van der Waals surface area (Å²) < 4.78 is 4.58. The van der Waals surface area contributed by atoms with E-state index in [0.717, 1.165) is 12.8 Å². The Labute approximate surface area is 156 Å². The predicted molar refractivity (Wildman–Crippen MR) is 107 cm³/mol. The van der Waals surface area contributed by atoms with Crippen molar-refractivity contribution in [3.05, 3.63) is 0 Å². The van der Waals surface area contributed by atoms with Crippen LogP contribution in [0, 0.1) is 0 Å². The maximum Gasteiger partial charge on any atom is 0.305 e. The van der Waals surface area contributed by atoms with Crippen molar-refractivity contribution in [3.8, 4) is 0 Å². The molecule has 150 valence electrons. The van der Waals surface area contributed by atoms with Gasteiger partial charge in [0, 0.05) is 6.42 Å². The Morgan fingerprint density at radius 3 is 1.52 bits per heavy atom. The first-order valence-electron chi connectivity index (χ1n) is 11.0. The highest BCUT2D eigenvalue weighted by Crippen LogP contribution is 2.14. The summed E-state index contributed by atoms with van der Waals surface area (Å²) in [5.74, 6) is -0.226. The van der Waals surface area contributed by atoms with Crippen molar-refractivity contribution in [2.24, 2.45) is 0 Å². The average Bonchev–Trinajstić information content (AvgIpc) is 2.62. The molecule has 0 aromatic heterocycles. The number of carbonyl (C=O) groups is 1. The van der Waals surface area contributed by atoms with Crippen LogP contribution in [0.4, 0.5) is 0 Å². The lowest BCUT2D eigenvalue weighted by Gasteiger charge is -2.09. The van der Waals surface area contributed by atoms with Gasteiger partial charge in [-0.3, -0.25) is 4.79 Å². The van der Waals surface area contributed by atoms with Crippen LogP contribution in [0.25, 0.3) is 0 Å². The number of methoxy groups -OCH3 is 1. The van der Waals surface area contributed by atoms with Crippen molar-refractivity contribution >= 4 is 5.97 Å². The largest absolute Gasteiger partial charge is 0.469 e. The van der Waals surface area contributed by atoms with Gasteiger partial charge in [-0.1, -0.05) is 103 Å². The summed E-state index contributed by atoms with van der Waals surface area (Å²) in [7, 11) is 1.39. The zero-order valence-corrected chi connectivity index (χ0v) is 17.1. The highest BCUT2D eigenvalue weighted by Gasteiger charge is 2.07. The van der Waals surface area contributed by atoms with Crippen molar-refractivity contribution in [1.29, 1.82) is 0 Å². The predicted octanol–water partition coefficient (Wildman–Crippen LogP) is 6.56. The molecule has 0 aromatic carbocycles. The second-order valence-corrected chi connectivity index (χ2v) is 7.51. The summed E-state index contributed by atoms with van der Waals surface area (Å²) in [4.78, 5) is 11.0. The first-order chi connectivity index (χ1) is 12.2. The third-order valence-corrected chi connectivity index (χ3v) is 5.05. The molecular weight excluding hydrogens is 312 g/mol. The van der Waals surface area contributed by atoms with Gasteiger partial charge in [0.1, 0.15) is 0 Å². The fourth-order valence-electron chi connectivity index (χ4n) is 3.28. The molecule has 0 heterocycles. The number of hydrogen-bond donors (Lipinski definition) is 1. The summed E-state index contributed by atoms with van der Waals surface area (Å²) >= 11 is 0. The third-order valence-electron chi connectivity index (χ3n) is 5.05. The molecule has 1 atom stereocenters. The number of ether oxygens (including phenoxy) is 1. The average molecular weight is 357 g/mol. The minimum absolute atomic E-state index is 0.226. The number of esters is 1. The third kappa shape index (κ3) is 19.6. The van der Waals surface area contributed by atoms with E-state index in [4.69, 9.17) is 0 Å². The Balaban J connectivity index is 3.12. The molecule has 0 aliphatic carbocycles. The van der Waals surface area contributed by atoms with Gasteiger partial charge in [0.05, 0.1) is 13.2 Å². The van der Waals surface area contributed by atoms with Gasteiger partial charge < -0.3 is 9.84 Å². The zero-order valence-electron chi connectivity index (χ0n) is 17.1. The molecule has 0 aliphatic heterocycles. The smallest absolute Gasteiger partial charge is 0.305 e. The monoisotopic (exact) mass is 356 g/mol. The number of rotatable bonds is 19. The van der Waals surface area contributed by atoms with E-state index in [0.29, 0.717) is 12.8 Å². The highest BCUT2D eigenvalue weighted by molar-refractivity contribution is 5.69. The molecule has 0 spiro atoms. The minimum atomic E-state index is -0.346. The second kappa shape index (κ2) is 19.8. The summed E-state index contributed by atoms with van der Waals surface area (Å²) in [6.45, 7) is 2.27. The SMILES string of the molecule is CCCCCCCCCCCCCCCCCC(O)CCC(=O)OC. The minimum Gasteiger partial charge on any atom is -0.469 e. The molecule has 3 nitrogen and oxygen atoms in total. The van der Waals surface area contributed by atoms with Gasteiger partial charge in [-0.25, -0.2) is 0 Å². The fourth-order valence-corrected chi connectivity index (χ4v) is 3.28. The van der Waals surface area contributed by atoms with E-state index in [1.807, 2.05) is 0 Å². The van der Waals surface area contributed by atoms with Crippen LogP contribution in [0.5, 0.6) is 0 Å². The van der Waals surface area contributed by atoms with Crippen LogP contribution in [0.2, 0.25) is 0 Å². The molecule has 0 amide bonds. The van der Waals surface area contributed by atoms with Gasteiger partial charge in [0.15, 0.2) is 0 Å². The van der Waals surface area contributed by atoms with E-state index >= 15 is 0 Å². The van der Waals surface area contributed by atoms with E-state index in [1.54, 1.807) is 0 Å². The first-order valence-corrected chi connectivity index (χ1v) is 11.0. The van der Waals surface area contributed by atoms with Crippen molar-refractivity contribution in [1.82, 2.24) is 0 Å². The van der Waals surface area contributed by atoms with Crippen LogP contribution in [0.15, 0.2) is 0 Å². The number of hydrogen-bond acceptors (Lipinski definition) is 3. The Bertz CT molecular complexity index is 278. The maximum absolute atomic E-state index is 11.0. The van der Waals surface area contributed by atoms with Gasteiger partial charge in [-0.15, -0.1) is 0 Å². The van der Waals surface area contributed by atoms with Crippen LogP contribution in [0.1, 0.15) is 122 Å². The molecular formula is C22H44O3.